The summed E-state index contributed by atoms with van der Waals surface area (Å²) in [7, 11) is 0. The Balaban J connectivity index is 1.56. The predicted molar refractivity (Wildman–Crippen MR) is 121 cm³/mol. The molecule has 2 aliphatic rings. The molecule has 1 atom stereocenters. The molecule has 30 heavy (non-hydrogen) atoms. The molecule has 2 aromatic rings. The molecule has 2 heterocycles. The van der Waals surface area contributed by atoms with E-state index >= 15 is 0 Å². The zero-order valence-corrected chi connectivity index (χ0v) is 17.8. The van der Waals surface area contributed by atoms with Crippen LogP contribution in [0.15, 0.2) is 43.2 Å². The van der Waals surface area contributed by atoms with E-state index in [9.17, 15) is 0 Å². The van der Waals surface area contributed by atoms with Gasteiger partial charge in [-0.3, -0.25) is 10.3 Å². The topological polar surface area (TPSA) is 91.4 Å². The molecule has 2 fully saturated rings. The molecule has 1 aliphatic carbocycles. The fraction of sp³-hybridized carbons (Fsp3) is 0.435. The van der Waals surface area contributed by atoms with Crippen molar-refractivity contribution in [2.45, 2.75) is 38.3 Å². The number of nitrogens with zero attached hydrogens (tertiary/aromatic N) is 4. The van der Waals surface area contributed by atoms with Crippen LogP contribution in [0.2, 0.25) is 0 Å². The van der Waals surface area contributed by atoms with Crippen LogP contribution in [-0.2, 0) is 0 Å². The number of benzene rings is 1. The van der Waals surface area contributed by atoms with Crippen molar-refractivity contribution in [3.05, 3.63) is 54.5 Å². The summed E-state index contributed by atoms with van der Waals surface area (Å²) in [6.07, 6.45) is 5.62. The molecule has 1 aliphatic heterocycles. The number of ether oxygens (including phenoxy) is 1. The molecule has 7 nitrogen and oxygen atoms in total. The SMILES string of the molecule is C=CC1CN(c2cc(C(=N)c3cc(OC4(C)CC4)ccc3N)ncn2)CCN1CC. The van der Waals surface area contributed by atoms with Gasteiger partial charge in [0.2, 0.25) is 0 Å². The Morgan fingerprint density at radius 2 is 2.13 bits per heavy atom. The minimum atomic E-state index is -0.0833. The molecule has 1 saturated carbocycles. The highest BCUT2D eigenvalue weighted by molar-refractivity contribution is 6.13. The van der Waals surface area contributed by atoms with Gasteiger partial charge in [-0.2, -0.15) is 0 Å². The number of aromatic nitrogens is 2. The number of likely N-dealkylation sites (N-methyl/N-ethyl adjacent to an activating group) is 1. The summed E-state index contributed by atoms with van der Waals surface area (Å²) in [5.74, 6) is 1.56. The number of hydrogen-bond acceptors (Lipinski definition) is 7. The standard InChI is InChI=1S/C23H30N6O/c1-4-16-14-29(11-10-28(16)5-2)21-13-20(26-15-27-21)22(25)18-12-17(6-7-19(18)24)30-23(3)8-9-23/h4,6-7,12-13,15-16,25H,1,5,8-11,14,24H2,2-3H3. The molecule has 1 aromatic carbocycles. The highest BCUT2D eigenvalue weighted by Crippen LogP contribution is 2.40. The minimum Gasteiger partial charge on any atom is -0.488 e. The van der Waals surface area contributed by atoms with Crippen LogP contribution in [0, 0.1) is 5.41 Å². The van der Waals surface area contributed by atoms with Crippen LogP contribution in [0.1, 0.15) is 37.9 Å². The third kappa shape index (κ3) is 4.16. The van der Waals surface area contributed by atoms with E-state index in [-0.39, 0.29) is 17.4 Å². The molecular weight excluding hydrogens is 376 g/mol. The number of hydrogen-bond donors (Lipinski definition) is 2. The maximum absolute atomic E-state index is 8.73. The lowest BCUT2D eigenvalue weighted by atomic mass is 10.0. The van der Waals surface area contributed by atoms with Crippen molar-refractivity contribution in [3.63, 3.8) is 0 Å². The number of anilines is 2. The molecule has 7 heteroatoms. The first-order valence-corrected chi connectivity index (χ1v) is 10.5. The van der Waals surface area contributed by atoms with Gasteiger partial charge in [-0.25, -0.2) is 9.97 Å². The van der Waals surface area contributed by atoms with E-state index in [1.165, 1.54) is 6.33 Å². The Labute approximate surface area is 178 Å². The fourth-order valence-corrected chi connectivity index (χ4v) is 3.84. The largest absolute Gasteiger partial charge is 0.488 e. The average Bonchev–Trinajstić information content (AvgIpc) is 3.50. The molecule has 0 bridgehead atoms. The summed E-state index contributed by atoms with van der Waals surface area (Å²) in [6.45, 7) is 11.9. The Morgan fingerprint density at radius 1 is 1.33 bits per heavy atom. The third-order valence-corrected chi connectivity index (χ3v) is 6.06. The van der Waals surface area contributed by atoms with Crippen LogP contribution in [0.5, 0.6) is 5.75 Å². The minimum absolute atomic E-state index is 0.0833. The van der Waals surface area contributed by atoms with Crippen LogP contribution in [0.25, 0.3) is 0 Å². The summed E-state index contributed by atoms with van der Waals surface area (Å²) in [4.78, 5) is 13.4. The second-order valence-corrected chi connectivity index (χ2v) is 8.32. The first kappa shape index (κ1) is 20.3. The molecule has 1 unspecified atom stereocenters. The van der Waals surface area contributed by atoms with Crippen molar-refractivity contribution in [3.8, 4) is 5.75 Å². The van der Waals surface area contributed by atoms with E-state index in [0.717, 1.165) is 50.6 Å². The van der Waals surface area contributed by atoms with Crippen molar-refractivity contribution in [2.24, 2.45) is 0 Å². The molecule has 4 rings (SSSR count). The molecule has 1 aromatic heterocycles. The van der Waals surface area contributed by atoms with Crippen molar-refractivity contribution in [1.82, 2.24) is 14.9 Å². The van der Waals surface area contributed by atoms with E-state index in [1.807, 2.05) is 24.3 Å². The highest BCUT2D eigenvalue weighted by atomic mass is 16.5. The van der Waals surface area contributed by atoms with Gasteiger partial charge in [-0.05, 0) is 44.5 Å². The van der Waals surface area contributed by atoms with Gasteiger partial charge in [0.25, 0.3) is 0 Å². The van der Waals surface area contributed by atoms with Gasteiger partial charge in [0.15, 0.2) is 0 Å². The molecular formula is C23H30N6O. The number of piperazine rings is 1. The van der Waals surface area contributed by atoms with E-state index < -0.39 is 0 Å². The van der Waals surface area contributed by atoms with E-state index in [0.29, 0.717) is 16.9 Å². The van der Waals surface area contributed by atoms with Crippen LogP contribution in [-0.4, -0.2) is 58.4 Å². The molecule has 0 spiro atoms. The molecule has 0 amide bonds. The van der Waals surface area contributed by atoms with Gasteiger partial charge >= 0.3 is 0 Å². The third-order valence-electron chi connectivity index (χ3n) is 6.06. The van der Waals surface area contributed by atoms with E-state index in [1.54, 1.807) is 6.07 Å². The summed E-state index contributed by atoms with van der Waals surface area (Å²) >= 11 is 0. The van der Waals surface area contributed by atoms with Crippen molar-refractivity contribution < 1.29 is 4.74 Å². The number of nitrogen functional groups attached to an aromatic ring is 1. The lowest BCUT2D eigenvalue weighted by Crippen LogP contribution is -2.52. The smallest absolute Gasteiger partial charge is 0.132 e. The molecule has 1 saturated heterocycles. The molecule has 0 radical (unpaired) electrons. The maximum atomic E-state index is 8.73. The van der Waals surface area contributed by atoms with Gasteiger partial charge < -0.3 is 15.4 Å². The number of rotatable bonds is 7. The van der Waals surface area contributed by atoms with Crippen LogP contribution in [0.4, 0.5) is 11.5 Å². The first-order valence-electron chi connectivity index (χ1n) is 10.5. The maximum Gasteiger partial charge on any atom is 0.132 e. The fourth-order valence-electron chi connectivity index (χ4n) is 3.84. The molecule has 3 N–H and O–H groups in total. The quantitative estimate of drug-likeness (QED) is 0.417. The summed E-state index contributed by atoms with van der Waals surface area (Å²) < 4.78 is 6.05. The lowest BCUT2D eigenvalue weighted by Gasteiger charge is -2.40. The zero-order valence-electron chi connectivity index (χ0n) is 17.8. The Kier molecular flexibility index (Phi) is 5.47. The highest BCUT2D eigenvalue weighted by Gasteiger charge is 2.40. The van der Waals surface area contributed by atoms with Gasteiger partial charge in [0, 0.05) is 43.0 Å². The normalized spacial score (nSPS) is 20.6. The Morgan fingerprint density at radius 3 is 2.83 bits per heavy atom. The Hall–Kier alpha value is -2.93. The second-order valence-electron chi connectivity index (χ2n) is 8.32. The molecule has 158 valence electrons. The van der Waals surface area contributed by atoms with Gasteiger partial charge in [0.1, 0.15) is 23.5 Å². The second kappa shape index (κ2) is 8.07. The first-order chi connectivity index (χ1) is 14.4. The average molecular weight is 407 g/mol. The van der Waals surface area contributed by atoms with Crippen molar-refractivity contribution in [2.75, 3.05) is 36.8 Å². The van der Waals surface area contributed by atoms with Crippen LogP contribution >= 0.6 is 0 Å². The van der Waals surface area contributed by atoms with E-state index in [4.69, 9.17) is 15.9 Å². The van der Waals surface area contributed by atoms with Gasteiger partial charge in [-0.15, -0.1) is 6.58 Å². The summed E-state index contributed by atoms with van der Waals surface area (Å²) in [6, 6.07) is 7.67. The monoisotopic (exact) mass is 406 g/mol. The van der Waals surface area contributed by atoms with Gasteiger partial charge in [-0.1, -0.05) is 13.0 Å². The van der Waals surface area contributed by atoms with Gasteiger partial charge in [0.05, 0.1) is 11.4 Å². The van der Waals surface area contributed by atoms with Crippen molar-refractivity contribution in [1.29, 1.82) is 5.41 Å². The van der Waals surface area contributed by atoms with E-state index in [2.05, 4.69) is 40.2 Å². The number of nitrogens with one attached hydrogen (secondary N) is 1. The van der Waals surface area contributed by atoms with Crippen LogP contribution in [0.3, 0.4) is 0 Å². The van der Waals surface area contributed by atoms with Crippen molar-refractivity contribution >= 4 is 17.2 Å². The number of nitrogens with two attached hydrogens (primary N) is 1. The lowest BCUT2D eigenvalue weighted by molar-refractivity contribution is 0.200. The van der Waals surface area contributed by atoms with Crippen LogP contribution < -0.4 is 15.4 Å². The zero-order chi connectivity index (χ0) is 21.3. The predicted octanol–water partition coefficient (Wildman–Crippen LogP) is 3.10. The summed E-state index contributed by atoms with van der Waals surface area (Å²) in [5.41, 5.74) is 8.09. The summed E-state index contributed by atoms with van der Waals surface area (Å²) in [5, 5.41) is 8.73. The Bertz CT molecular complexity index is 954.